The van der Waals surface area contributed by atoms with Crippen LogP contribution in [0.2, 0.25) is 0 Å². The van der Waals surface area contributed by atoms with Gasteiger partial charge in [-0.1, -0.05) is 42.5 Å². The molecule has 154 valence electrons. The van der Waals surface area contributed by atoms with E-state index in [4.69, 9.17) is 9.47 Å². The second-order valence-corrected chi connectivity index (χ2v) is 7.21. The number of benzene rings is 1. The fourth-order valence-electron chi connectivity index (χ4n) is 2.29. The number of alkyl carbamates (subject to hydrolysis) is 1. The summed E-state index contributed by atoms with van der Waals surface area (Å²) in [5.41, 5.74) is 0.160. The number of aliphatic hydroxyl groups excluding tert-OH is 1. The van der Waals surface area contributed by atoms with Crippen molar-refractivity contribution in [3.63, 3.8) is 0 Å². The topological polar surface area (TPSA) is 88.1 Å². The molecular weight excluding hydrogens is 360 g/mol. The number of hydrogen-bond donors (Lipinski definition) is 2. The lowest BCUT2D eigenvalue weighted by molar-refractivity contribution is 0.0412. The van der Waals surface area contributed by atoms with Gasteiger partial charge in [-0.25, -0.2) is 9.59 Å². The van der Waals surface area contributed by atoms with Gasteiger partial charge in [-0.3, -0.25) is 0 Å². The van der Waals surface area contributed by atoms with Crippen LogP contribution in [0.25, 0.3) is 0 Å². The molecule has 0 spiro atoms. The van der Waals surface area contributed by atoms with E-state index in [1.807, 2.05) is 30.3 Å². The minimum atomic E-state index is -1.08. The molecule has 2 atom stereocenters. The van der Waals surface area contributed by atoms with Crippen LogP contribution >= 0.6 is 0 Å². The predicted octanol–water partition coefficient (Wildman–Crippen LogP) is 3.25. The van der Waals surface area contributed by atoms with Crippen molar-refractivity contribution in [2.45, 2.75) is 45.1 Å². The minimum Gasteiger partial charge on any atom is -0.445 e. The summed E-state index contributed by atoms with van der Waals surface area (Å²) in [6, 6.07) is 8.45. The van der Waals surface area contributed by atoms with E-state index in [0.29, 0.717) is 0 Å². The number of aliphatic hydroxyl groups is 1. The van der Waals surface area contributed by atoms with Gasteiger partial charge in [0.2, 0.25) is 0 Å². The Kier molecular flexibility index (Phi) is 9.24. The smallest absolute Gasteiger partial charge is 0.410 e. The summed E-state index contributed by atoms with van der Waals surface area (Å²) < 4.78 is 10.6. The first-order valence-corrected chi connectivity index (χ1v) is 9.03. The van der Waals surface area contributed by atoms with Crippen LogP contribution in [0.3, 0.4) is 0 Å². The van der Waals surface area contributed by atoms with Crippen LogP contribution in [0.1, 0.15) is 26.3 Å². The molecule has 0 saturated carbocycles. The van der Waals surface area contributed by atoms with Gasteiger partial charge in [0.25, 0.3) is 0 Å². The molecule has 7 heteroatoms. The average molecular weight is 390 g/mol. The number of carbonyl (C=O) groups excluding carboxylic acids is 2. The number of carbonyl (C=O) groups is 2. The van der Waals surface area contributed by atoms with Crippen molar-refractivity contribution in [1.82, 2.24) is 10.2 Å². The SMILES string of the molecule is C=CCN(C[C@@H](NC(=O)OC(C)(C)C)[C@@H](O)C=C)C(=O)OCc1ccccc1. The first kappa shape index (κ1) is 23.2. The van der Waals surface area contributed by atoms with E-state index in [9.17, 15) is 14.7 Å². The lowest BCUT2D eigenvalue weighted by atomic mass is 10.1. The Morgan fingerprint density at radius 2 is 1.89 bits per heavy atom. The zero-order valence-electron chi connectivity index (χ0n) is 16.8. The number of ether oxygens (including phenoxy) is 2. The van der Waals surface area contributed by atoms with Crippen LogP contribution in [0.4, 0.5) is 9.59 Å². The Balaban J connectivity index is 2.78. The van der Waals surface area contributed by atoms with E-state index in [2.05, 4.69) is 18.5 Å². The maximum Gasteiger partial charge on any atom is 0.410 e. The molecule has 2 N–H and O–H groups in total. The summed E-state index contributed by atoms with van der Waals surface area (Å²) in [6.07, 6.45) is 0.449. The molecule has 0 unspecified atom stereocenters. The lowest BCUT2D eigenvalue weighted by Crippen LogP contribution is -2.52. The minimum absolute atomic E-state index is 0.00786. The predicted molar refractivity (Wildman–Crippen MR) is 108 cm³/mol. The van der Waals surface area contributed by atoms with Crippen molar-refractivity contribution in [3.8, 4) is 0 Å². The molecule has 7 nitrogen and oxygen atoms in total. The van der Waals surface area contributed by atoms with Crippen LogP contribution in [-0.4, -0.2) is 53.0 Å². The Hall–Kier alpha value is -2.80. The second-order valence-electron chi connectivity index (χ2n) is 7.21. The first-order chi connectivity index (χ1) is 13.2. The molecular formula is C21H30N2O5. The highest BCUT2D eigenvalue weighted by molar-refractivity contribution is 5.69. The fraction of sp³-hybridized carbons (Fsp3) is 0.429. The standard InChI is InChI=1S/C21H30N2O5/c1-6-13-23(20(26)27-15-16-11-9-8-10-12-16)14-17(18(24)7-2)22-19(25)28-21(3,4)5/h6-12,17-18,24H,1-2,13-15H2,3-5H3,(H,22,25)/t17-,18+/m1/s1. The highest BCUT2D eigenvalue weighted by atomic mass is 16.6. The van der Waals surface area contributed by atoms with Crippen molar-refractivity contribution in [3.05, 3.63) is 61.2 Å². The Morgan fingerprint density at radius 1 is 1.25 bits per heavy atom. The van der Waals surface area contributed by atoms with E-state index in [0.717, 1.165) is 5.56 Å². The number of hydrogen-bond acceptors (Lipinski definition) is 5. The number of amides is 2. The van der Waals surface area contributed by atoms with E-state index < -0.39 is 29.9 Å². The summed E-state index contributed by atoms with van der Waals surface area (Å²) in [5, 5.41) is 12.8. The molecule has 0 aromatic heterocycles. The quantitative estimate of drug-likeness (QED) is 0.632. The summed E-state index contributed by atoms with van der Waals surface area (Å²) in [5.74, 6) is 0. The molecule has 28 heavy (non-hydrogen) atoms. The van der Waals surface area contributed by atoms with Gasteiger partial charge >= 0.3 is 12.2 Å². The molecule has 0 aliphatic carbocycles. The molecule has 0 saturated heterocycles. The van der Waals surface area contributed by atoms with Crippen molar-refractivity contribution in [1.29, 1.82) is 0 Å². The molecule has 1 rings (SSSR count). The third kappa shape index (κ3) is 8.73. The average Bonchev–Trinajstić information content (AvgIpc) is 2.63. The molecule has 0 aliphatic heterocycles. The summed E-state index contributed by atoms with van der Waals surface area (Å²) >= 11 is 0. The molecule has 0 heterocycles. The van der Waals surface area contributed by atoms with Gasteiger partial charge in [-0.05, 0) is 26.3 Å². The van der Waals surface area contributed by atoms with Crippen LogP contribution in [-0.2, 0) is 16.1 Å². The molecule has 1 aromatic carbocycles. The van der Waals surface area contributed by atoms with Gasteiger partial charge in [0.1, 0.15) is 12.2 Å². The van der Waals surface area contributed by atoms with Gasteiger partial charge in [0.05, 0.1) is 12.1 Å². The molecule has 0 bridgehead atoms. The second kappa shape index (κ2) is 11.1. The van der Waals surface area contributed by atoms with Crippen molar-refractivity contribution >= 4 is 12.2 Å². The van der Waals surface area contributed by atoms with Gasteiger partial charge < -0.3 is 24.8 Å². The summed E-state index contributed by atoms with van der Waals surface area (Å²) in [6.45, 7) is 12.7. The molecule has 2 amide bonds. The van der Waals surface area contributed by atoms with Gasteiger partial charge in [0, 0.05) is 13.1 Å². The van der Waals surface area contributed by atoms with E-state index in [-0.39, 0.29) is 19.7 Å². The van der Waals surface area contributed by atoms with E-state index in [1.54, 1.807) is 20.8 Å². The zero-order chi connectivity index (χ0) is 21.2. The summed E-state index contributed by atoms with van der Waals surface area (Å²) in [4.78, 5) is 25.9. The van der Waals surface area contributed by atoms with E-state index >= 15 is 0 Å². The van der Waals surface area contributed by atoms with Crippen LogP contribution in [0, 0.1) is 0 Å². The molecule has 0 aliphatic rings. The van der Waals surface area contributed by atoms with Gasteiger partial charge in [-0.2, -0.15) is 0 Å². The maximum absolute atomic E-state index is 12.5. The van der Waals surface area contributed by atoms with Crippen LogP contribution < -0.4 is 5.32 Å². The zero-order valence-corrected chi connectivity index (χ0v) is 16.8. The third-order valence-corrected chi connectivity index (χ3v) is 3.59. The van der Waals surface area contributed by atoms with E-state index in [1.165, 1.54) is 17.1 Å². The largest absolute Gasteiger partial charge is 0.445 e. The molecule has 0 fully saturated rings. The highest BCUT2D eigenvalue weighted by Crippen LogP contribution is 2.09. The maximum atomic E-state index is 12.5. The fourth-order valence-corrected chi connectivity index (χ4v) is 2.29. The van der Waals surface area contributed by atoms with Crippen LogP contribution in [0.5, 0.6) is 0 Å². The van der Waals surface area contributed by atoms with Crippen LogP contribution in [0.15, 0.2) is 55.6 Å². The number of rotatable bonds is 9. The van der Waals surface area contributed by atoms with Gasteiger partial charge in [0.15, 0.2) is 0 Å². The monoisotopic (exact) mass is 390 g/mol. The Labute approximate surface area is 166 Å². The number of nitrogens with one attached hydrogen (secondary N) is 1. The Morgan fingerprint density at radius 3 is 2.43 bits per heavy atom. The van der Waals surface area contributed by atoms with Crippen molar-refractivity contribution in [2.24, 2.45) is 0 Å². The first-order valence-electron chi connectivity index (χ1n) is 9.03. The molecule has 1 aromatic rings. The third-order valence-electron chi connectivity index (χ3n) is 3.59. The summed E-state index contributed by atoms with van der Waals surface area (Å²) in [7, 11) is 0. The lowest BCUT2D eigenvalue weighted by Gasteiger charge is -2.29. The van der Waals surface area contributed by atoms with Crippen molar-refractivity contribution < 1.29 is 24.2 Å². The molecule has 0 radical (unpaired) electrons. The van der Waals surface area contributed by atoms with Crippen molar-refractivity contribution in [2.75, 3.05) is 13.1 Å². The van der Waals surface area contributed by atoms with Gasteiger partial charge in [-0.15, -0.1) is 13.2 Å². The normalized spacial score (nSPS) is 13.0. The Bertz CT molecular complexity index is 655. The highest BCUT2D eigenvalue weighted by Gasteiger charge is 2.27. The number of nitrogens with zero attached hydrogens (tertiary/aromatic N) is 1.